The van der Waals surface area contributed by atoms with Crippen molar-refractivity contribution in [3.8, 4) is 6.07 Å². The lowest BCUT2D eigenvalue weighted by Crippen LogP contribution is -2.04. The van der Waals surface area contributed by atoms with Gasteiger partial charge in [0.2, 0.25) is 0 Å². The summed E-state index contributed by atoms with van der Waals surface area (Å²) in [7, 11) is 1.23. The van der Waals surface area contributed by atoms with Gasteiger partial charge in [-0.1, -0.05) is 0 Å². The van der Waals surface area contributed by atoms with E-state index in [9.17, 15) is 4.79 Å². The van der Waals surface area contributed by atoms with Crippen LogP contribution in [0.25, 0.3) is 5.57 Å². The molecule has 0 aliphatic rings. The molecule has 0 N–H and O–H groups in total. The van der Waals surface area contributed by atoms with E-state index < -0.39 is 5.97 Å². The Kier molecular flexibility index (Phi) is 3.69. The minimum Gasteiger partial charge on any atom is -0.465 e. The summed E-state index contributed by atoms with van der Waals surface area (Å²) < 4.78 is 10.2. The van der Waals surface area contributed by atoms with E-state index in [0.717, 1.165) is 0 Å². The number of nitrogens with zero attached hydrogens (tertiary/aromatic N) is 1. The van der Waals surface area contributed by atoms with E-state index >= 15 is 0 Å². The quantitative estimate of drug-likeness (QED) is 0.470. The molecule has 0 aliphatic carbocycles. The van der Waals surface area contributed by atoms with Crippen LogP contribution in [0.2, 0.25) is 0 Å². The Hall–Kier alpha value is -1.54. The summed E-state index contributed by atoms with van der Waals surface area (Å²) in [5, 5.41) is 8.80. The van der Waals surface area contributed by atoms with E-state index in [2.05, 4.69) is 20.7 Å². The normalized spacial score (nSPS) is 11.6. The van der Waals surface area contributed by atoms with Gasteiger partial charge in [-0.3, -0.25) is 0 Å². The highest BCUT2D eigenvalue weighted by Crippen LogP contribution is 2.23. The zero-order chi connectivity index (χ0) is 11.4. The number of allylic oxidation sites excluding steroid dienone is 1. The average Bonchev–Trinajstić information content (AvgIpc) is 2.65. The van der Waals surface area contributed by atoms with Crippen LogP contribution in [-0.2, 0) is 9.53 Å². The molecule has 4 nitrogen and oxygen atoms in total. The first-order valence-electron chi connectivity index (χ1n) is 4.05. The third-order valence-corrected chi connectivity index (χ3v) is 2.25. The van der Waals surface area contributed by atoms with Crippen molar-refractivity contribution in [2.75, 3.05) is 7.11 Å². The second-order valence-corrected chi connectivity index (χ2v) is 3.49. The molecule has 1 aromatic rings. The first-order valence-corrected chi connectivity index (χ1v) is 4.84. The highest BCUT2D eigenvalue weighted by molar-refractivity contribution is 9.10. The Balaban J connectivity index is 3.18. The molecule has 5 heteroatoms. The molecule has 1 rings (SSSR count). The van der Waals surface area contributed by atoms with Crippen molar-refractivity contribution in [2.24, 2.45) is 0 Å². The molecule has 0 atom stereocenters. The number of furan rings is 1. The predicted octanol–water partition coefficient (Wildman–Crippen LogP) is 2.51. The monoisotopic (exact) mass is 269 g/mol. The average molecular weight is 270 g/mol. The first kappa shape index (κ1) is 11.5. The summed E-state index contributed by atoms with van der Waals surface area (Å²) >= 11 is 3.14. The summed E-state index contributed by atoms with van der Waals surface area (Å²) in [6.45, 7) is 1.63. The minimum atomic E-state index is -0.664. The molecule has 0 spiro atoms. The largest absolute Gasteiger partial charge is 0.465 e. The lowest BCUT2D eigenvalue weighted by atomic mass is 10.1. The van der Waals surface area contributed by atoms with Crippen LogP contribution in [0.3, 0.4) is 0 Å². The van der Waals surface area contributed by atoms with Crippen LogP contribution < -0.4 is 0 Å². The standard InChI is InChI=1S/C10H8BrNO3/c1-6(7(5-12)10(13)14-2)8-3-4-9(11)15-8/h3-4H,1-2H3/b7-6-. The van der Waals surface area contributed by atoms with Crippen molar-refractivity contribution in [2.45, 2.75) is 6.92 Å². The molecule has 0 aromatic carbocycles. The number of carbonyl (C=O) groups excluding carboxylic acids is 1. The summed E-state index contributed by atoms with van der Waals surface area (Å²) in [5.74, 6) is -0.202. The number of hydrogen-bond acceptors (Lipinski definition) is 4. The molecule has 0 amide bonds. The highest BCUT2D eigenvalue weighted by atomic mass is 79.9. The first-order chi connectivity index (χ1) is 7.10. The lowest BCUT2D eigenvalue weighted by Gasteiger charge is -2.00. The van der Waals surface area contributed by atoms with Crippen LogP contribution in [0.5, 0.6) is 0 Å². The highest BCUT2D eigenvalue weighted by Gasteiger charge is 2.15. The van der Waals surface area contributed by atoms with Crippen molar-refractivity contribution < 1.29 is 13.9 Å². The number of esters is 1. The number of halogens is 1. The van der Waals surface area contributed by atoms with Gasteiger partial charge < -0.3 is 9.15 Å². The number of ether oxygens (including phenoxy) is 1. The van der Waals surface area contributed by atoms with Crippen LogP contribution in [0.1, 0.15) is 12.7 Å². The minimum absolute atomic E-state index is 0.0562. The summed E-state index contributed by atoms with van der Waals surface area (Å²) in [6, 6.07) is 5.14. The SMILES string of the molecule is COC(=O)/C(C#N)=C(/C)c1ccc(Br)o1. The van der Waals surface area contributed by atoms with E-state index in [4.69, 9.17) is 9.68 Å². The molecule has 0 saturated heterocycles. The Morgan fingerprint density at radius 3 is 2.67 bits per heavy atom. The topological polar surface area (TPSA) is 63.2 Å². The van der Waals surface area contributed by atoms with E-state index in [1.165, 1.54) is 7.11 Å². The van der Waals surface area contributed by atoms with Crippen LogP contribution >= 0.6 is 15.9 Å². The molecular formula is C10H8BrNO3. The number of nitriles is 1. The van der Waals surface area contributed by atoms with E-state index in [0.29, 0.717) is 16.0 Å². The van der Waals surface area contributed by atoms with E-state index in [-0.39, 0.29) is 5.57 Å². The molecule has 0 saturated carbocycles. The lowest BCUT2D eigenvalue weighted by molar-refractivity contribution is -0.135. The zero-order valence-corrected chi connectivity index (χ0v) is 9.79. The number of methoxy groups -OCH3 is 1. The van der Waals surface area contributed by atoms with Crippen LogP contribution in [0.15, 0.2) is 26.8 Å². The Labute approximate surface area is 95.3 Å². The van der Waals surface area contributed by atoms with Crippen LogP contribution in [0, 0.1) is 11.3 Å². The number of carbonyl (C=O) groups is 1. The van der Waals surface area contributed by atoms with Gasteiger partial charge in [-0.2, -0.15) is 5.26 Å². The Morgan fingerprint density at radius 2 is 2.27 bits per heavy atom. The Morgan fingerprint density at radius 1 is 1.60 bits per heavy atom. The van der Waals surface area contributed by atoms with Gasteiger partial charge in [-0.05, 0) is 35.0 Å². The number of hydrogen-bond donors (Lipinski definition) is 0. The third-order valence-electron chi connectivity index (χ3n) is 1.82. The van der Waals surface area contributed by atoms with Gasteiger partial charge in [0.05, 0.1) is 7.11 Å². The molecule has 1 heterocycles. The molecule has 15 heavy (non-hydrogen) atoms. The molecule has 0 aliphatic heterocycles. The molecule has 0 fully saturated rings. The molecule has 0 bridgehead atoms. The van der Waals surface area contributed by atoms with Crippen molar-refractivity contribution >= 4 is 27.5 Å². The van der Waals surface area contributed by atoms with E-state index in [1.807, 2.05) is 0 Å². The Bertz CT molecular complexity index is 453. The van der Waals surface area contributed by atoms with Gasteiger partial charge in [0.25, 0.3) is 0 Å². The maximum absolute atomic E-state index is 11.2. The molecular weight excluding hydrogens is 262 g/mol. The van der Waals surface area contributed by atoms with Gasteiger partial charge in [0.15, 0.2) is 4.67 Å². The maximum atomic E-state index is 11.2. The van der Waals surface area contributed by atoms with Gasteiger partial charge in [0.1, 0.15) is 17.4 Å². The van der Waals surface area contributed by atoms with Gasteiger partial charge >= 0.3 is 5.97 Å². The fraction of sp³-hybridized carbons (Fsp3) is 0.200. The molecule has 78 valence electrons. The van der Waals surface area contributed by atoms with Crippen molar-refractivity contribution in [1.82, 2.24) is 0 Å². The van der Waals surface area contributed by atoms with Crippen molar-refractivity contribution in [1.29, 1.82) is 5.26 Å². The molecule has 0 unspecified atom stereocenters. The van der Waals surface area contributed by atoms with Crippen LogP contribution in [-0.4, -0.2) is 13.1 Å². The van der Waals surface area contributed by atoms with Crippen molar-refractivity contribution in [3.63, 3.8) is 0 Å². The zero-order valence-electron chi connectivity index (χ0n) is 8.20. The summed E-state index contributed by atoms with van der Waals surface area (Å²) in [4.78, 5) is 11.2. The summed E-state index contributed by atoms with van der Waals surface area (Å²) in [5.41, 5.74) is 0.398. The maximum Gasteiger partial charge on any atom is 0.349 e. The smallest absolute Gasteiger partial charge is 0.349 e. The van der Waals surface area contributed by atoms with Gasteiger partial charge in [-0.25, -0.2) is 4.79 Å². The van der Waals surface area contributed by atoms with Gasteiger partial charge in [-0.15, -0.1) is 0 Å². The van der Waals surface area contributed by atoms with Crippen LogP contribution in [0.4, 0.5) is 0 Å². The second kappa shape index (κ2) is 4.80. The molecule has 1 aromatic heterocycles. The van der Waals surface area contributed by atoms with E-state index in [1.54, 1.807) is 25.1 Å². The fourth-order valence-corrected chi connectivity index (χ4v) is 1.33. The van der Waals surface area contributed by atoms with Gasteiger partial charge in [0, 0.05) is 5.57 Å². The second-order valence-electron chi connectivity index (χ2n) is 2.71. The number of rotatable bonds is 2. The fourth-order valence-electron chi connectivity index (χ4n) is 1.02. The summed E-state index contributed by atoms with van der Waals surface area (Å²) in [6.07, 6.45) is 0. The molecule has 0 radical (unpaired) electrons. The predicted molar refractivity (Wildman–Crippen MR) is 56.6 cm³/mol. The third kappa shape index (κ3) is 2.48. The van der Waals surface area contributed by atoms with Crippen molar-refractivity contribution in [3.05, 3.63) is 28.1 Å².